The Morgan fingerprint density at radius 3 is 2.59 bits per heavy atom. The number of piperazine rings is 1. The molecular weight excluding hydrogens is 214 g/mol. The quantitative estimate of drug-likeness (QED) is 0.635. The topological polar surface area (TPSA) is 27.7 Å². The van der Waals surface area contributed by atoms with E-state index in [1.54, 1.807) is 0 Å². The lowest BCUT2D eigenvalue weighted by Gasteiger charge is -2.32. The molecule has 4 heteroatoms. The maximum absolute atomic E-state index is 5.62. The number of likely N-dealkylation sites (N-methyl/N-ethyl adjacent to an activating group) is 1. The zero-order valence-electron chi connectivity index (χ0n) is 11.4. The average Bonchev–Trinajstić information content (AvgIpc) is 2.30. The predicted molar refractivity (Wildman–Crippen MR) is 72.2 cm³/mol. The van der Waals surface area contributed by atoms with Gasteiger partial charge in [-0.25, -0.2) is 0 Å². The highest BCUT2D eigenvalue weighted by atomic mass is 16.5. The standard InChI is InChI=1S/C13H27N3O/c1-13(2)14-5-4-11-17-12-10-16-8-6-15(3)7-9-16/h14H,1,4-12H2,2-3H3. The number of nitrogens with zero attached hydrogens (tertiary/aromatic N) is 2. The number of hydrogen-bond acceptors (Lipinski definition) is 4. The van der Waals surface area contributed by atoms with Gasteiger partial charge >= 0.3 is 0 Å². The van der Waals surface area contributed by atoms with Gasteiger partial charge in [0.1, 0.15) is 0 Å². The van der Waals surface area contributed by atoms with Gasteiger partial charge in [0, 0.05) is 51.6 Å². The smallest absolute Gasteiger partial charge is 0.0593 e. The molecule has 1 rings (SSSR count). The third-order valence-corrected chi connectivity index (χ3v) is 3.04. The fraction of sp³-hybridized carbons (Fsp3) is 0.846. The van der Waals surface area contributed by atoms with E-state index in [2.05, 4.69) is 28.7 Å². The van der Waals surface area contributed by atoms with Crippen LogP contribution in [0.25, 0.3) is 0 Å². The van der Waals surface area contributed by atoms with Gasteiger partial charge in [-0.3, -0.25) is 4.90 Å². The molecule has 0 unspecified atom stereocenters. The molecule has 0 aliphatic carbocycles. The lowest BCUT2D eigenvalue weighted by Crippen LogP contribution is -2.45. The summed E-state index contributed by atoms with van der Waals surface area (Å²) in [4.78, 5) is 4.85. The lowest BCUT2D eigenvalue weighted by molar-refractivity contribution is 0.0810. The second kappa shape index (κ2) is 8.50. The van der Waals surface area contributed by atoms with E-state index in [-0.39, 0.29) is 0 Å². The normalized spacial score (nSPS) is 18.2. The van der Waals surface area contributed by atoms with Crippen molar-refractivity contribution in [3.05, 3.63) is 12.3 Å². The molecule has 17 heavy (non-hydrogen) atoms. The third kappa shape index (κ3) is 7.36. The van der Waals surface area contributed by atoms with Gasteiger partial charge in [-0.15, -0.1) is 0 Å². The van der Waals surface area contributed by atoms with Gasteiger partial charge < -0.3 is 15.0 Å². The first-order valence-electron chi connectivity index (χ1n) is 6.56. The molecule has 0 saturated carbocycles. The largest absolute Gasteiger partial charge is 0.389 e. The molecule has 1 heterocycles. The summed E-state index contributed by atoms with van der Waals surface area (Å²) in [5, 5.41) is 3.20. The number of ether oxygens (including phenoxy) is 1. The van der Waals surface area contributed by atoms with Crippen LogP contribution in [-0.2, 0) is 4.74 Å². The van der Waals surface area contributed by atoms with Crippen LogP contribution in [0.4, 0.5) is 0 Å². The molecule has 1 aliphatic rings. The Hall–Kier alpha value is -0.580. The molecule has 0 aromatic heterocycles. The first kappa shape index (κ1) is 14.5. The molecule has 1 N–H and O–H groups in total. The molecule has 1 fully saturated rings. The highest BCUT2D eigenvalue weighted by Gasteiger charge is 2.12. The number of allylic oxidation sites excluding steroid dienone is 1. The van der Waals surface area contributed by atoms with Crippen LogP contribution < -0.4 is 5.32 Å². The van der Waals surface area contributed by atoms with E-state index in [1.807, 2.05) is 6.92 Å². The Balaban J connectivity index is 1.85. The summed E-state index contributed by atoms with van der Waals surface area (Å²) in [7, 11) is 2.18. The van der Waals surface area contributed by atoms with Crippen molar-refractivity contribution in [2.24, 2.45) is 0 Å². The molecule has 0 bridgehead atoms. The van der Waals surface area contributed by atoms with Gasteiger partial charge in [0.2, 0.25) is 0 Å². The van der Waals surface area contributed by atoms with Crippen molar-refractivity contribution in [1.82, 2.24) is 15.1 Å². The van der Waals surface area contributed by atoms with Crippen molar-refractivity contribution in [3.8, 4) is 0 Å². The first-order chi connectivity index (χ1) is 8.18. The van der Waals surface area contributed by atoms with E-state index in [0.717, 1.165) is 38.4 Å². The summed E-state index contributed by atoms with van der Waals surface area (Å²) in [6, 6.07) is 0. The Morgan fingerprint density at radius 2 is 1.94 bits per heavy atom. The van der Waals surface area contributed by atoms with Crippen LogP contribution in [0.3, 0.4) is 0 Å². The average molecular weight is 241 g/mol. The fourth-order valence-corrected chi connectivity index (χ4v) is 1.84. The Kier molecular flexibility index (Phi) is 7.24. The van der Waals surface area contributed by atoms with E-state index in [9.17, 15) is 0 Å². The predicted octanol–water partition coefficient (Wildman–Crippen LogP) is 0.764. The molecule has 0 aromatic rings. The van der Waals surface area contributed by atoms with E-state index < -0.39 is 0 Å². The van der Waals surface area contributed by atoms with Crippen molar-refractivity contribution in [3.63, 3.8) is 0 Å². The third-order valence-electron chi connectivity index (χ3n) is 3.04. The van der Waals surface area contributed by atoms with Crippen molar-refractivity contribution in [2.45, 2.75) is 13.3 Å². The molecule has 1 aliphatic heterocycles. The van der Waals surface area contributed by atoms with Crippen molar-refractivity contribution >= 4 is 0 Å². The van der Waals surface area contributed by atoms with Crippen LogP contribution in [0.15, 0.2) is 12.3 Å². The minimum Gasteiger partial charge on any atom is -0.389 e. The van der Waals surface area contributed by atoms with Gasteiger partial charge in [-0.1, -0.05) is 6.58 Å². The van der Waals surface area contributed by atoms with Crippen LogP contribution >= 0.6 is 0 Å². The molecule has 4 nitrogen and oxygen atoms in total. The van der Waals surface area contributed by atoms with E-state index in [1.165, 1.54) is 26.2 Å². The molecule has 0 radical (unpaired) electrons. The van der Waals surface area contributed by atoms with E-state index in [0.29, 0.717) is 0 Å². The molecule has 0 spiro atoms. The lowest BCUT2D eigenvalue weighted by atomic mass is 10.3. The summed E-state index contributed by atoms with van der Waals surface area (Å²) in [6.07, 6.45) is 1.05. The Bertz CT molecular complexity index is 213. The maximum atomic E-state index is 5.62. The first-order valence-corrected chi connectivity index (χ1v) is 6.56. The van der Waals surface area contributed by atoms with E-state index >= 15 is 0 Å². The van der Waals surface area contributed by atoms with Gasteiger partial charge in [0.05, 0.1) is 6.61 Å². The zero-order valence-corrected chi connectivity index (χ0v) is 11.4. The van der Waals surface area contributed by atoms with Crippen molar-refractivity contribution < 1.29 is 4.74 Å². The van der Waals surface area contributed by atoms with Gasteiger partial charge in [0.25, 0.3) is 0 Å². The van der Waals surface area contributed by atoms with Crippen LogP contribution in [0, 0.1) is 0 Å². The molecular formula is C13H27N3O. The van der Waals surface area contributed by atoms with Gasteiger partial charge in [0.15, 0.2) is 0 Å². The van der Waals surface area contributed by atoms with Crippen LogP contribution in [0.2, 0.25) is 0 Å². The summed E-state index contributed by atoms with van der Waals surface area (Å²) in [5.74, 6) is 0. The van der Waals surface area contributed by atoms with Crippen LogP contribution in [0.1, 0.15) is 13.3 Å². The molecule has 0 amide bonds. The SMILES string of the molecule is C=C(C)NCCCOCCN1CCN(C)CC1. The Morgan fingerprint density at radius 1 is 1.24 bits per heavy atom. The van der Waals surface area contributed by atoms with Crippen LogP contribution in [-0.4, -0.2) is 69.3 Å². The highest BCUT2D eigenvalue weighted by Crippen LogP contribution is 1.98. The maximum Gasteiger partial charge on any atom is 0.0593 e. The van der Waals surface area contributed by atoms with Crippen LogP contribution in [0.5, 0.6) is 0 Å². The van der Waals surface area contributed by atoms with Gasteiger partial charge in [-0.05, 0) is 20.4 Å². The second-order valence-corrected chi connectivity index (χ2v) is 4.82. The summed E-state index contributed by atoms with van der Waals surface area (Å²) in [6.45, 7) is 14.2. The molecule has 1 saturated heterocycles. The summed E-state index contributed by atoms with van der Waals surface area (Å²) < 4.78 is 5.62. The van der Waals surface area contributed by atoms with E-state index in [4.69, 9.17) is 4.74 Å². The molecule has 0 atom stereocenters. The Labute approximate surface area is 106 Å². The zero-order chi connectivity index (χ0) is 12.5. The second-order valence-electron chi connectivity index (χ2n) is 4.82. The number of nitrogens with one attached hydrogen (secondary N) is 1. The fourth-order valence-electron chi connectivity index (χ4n) is 1.84. The molecule has 0 aromatic carbocycles. The summed E-state index contributed by atoms with van der Waals surface area (Å²) >= 11 is 0. The number of rotatable bonds is 8. The minimum absolute atomic E-state index is 0.841. The summed E-state index contributed by atoms with van der Waals surface area (Å²) in [5.41, 5.74) is 1.03. The monoisotopic (exact) mass is 241 g/mol. The van der Waals surface area contributed by atoms with Crippen molar-refractivity contribution in [2.75, 3.05) is 59.5 Å². The van der Waals surface area contributed by atoms with Crippen molar-refractivity contribution in [1.29, 1.82) is 0 Å². The highest BCUT2D eigenvalue weighted by molar-refractivity contribution is 4.83. The van der Waals surface area contributed by atoms with Gasteiger partial charge in [-0.2, -0.15) is 0 Å². The molecule has 100 valence electrons. The minimum atomic E-state index is 0.841. The number of hydrogen-bond donors (Lipinski definition) is 1.